The smallest absolute Gasteiger partial charge is 0.190 e. The maximum absolute atomic E-state index is 12.7. The number of ketones is 2. The van der Waals surface area contributed by atoms with Gasteiger partial charge >= 0.3 is 0 Å². The molecule has 1 unspecified atom stereocenters. The molecule has 2 fully saturated rings. The predicted molar refractivity (Wildman–Crippen MR) is 117 cm³/mol. The molecule has 4 atom stereocenters. The highest BCUT2D eigenvalue weighted by Crippen LogP contribution is 2.46. The van der Waals surface area contributed by atoms with Gasteiger partial charge in [0.05, 0.1) is 6.61 Å². The number of allylic oxidation sites excluding steroid dienone is 2. The number of nitrogens with one attached hydrogen (secondary N) is 1. The van der Waals surface area contributed by atoms with Gasteiger partial charge in [0.1, 0.15) is 18.3 Å². The molecule has 0 amide bonds. The van der Waals surface area contributed by atoms with Crippen LogP contribution in [0, 0.1) is 5.92 Å². The van der Waals surface area contributed by atoms with Crippen LogP contribution in [0.3, 0.4) is 0 Å². The van der Waals surface area contributed by atoms with Crippen LogP contribution in [0.4, 0.5) is 0 Å². The van der Waals surface area contributed by atoms with Gasteiger partial charge in [0.15, 0.2) is 23.6 Å². The van der Waals surface area contributed by atoms with Crippen molar-refractivity contribution in [1.29, 1.82) is 0 Å². The summed E-state index contributed by atoms with van der Waals surface area (Å²) in [5.74, 6) is -1.62. The summed E-state index contributed by atoms with van der Waals surface area (Å²) in [5, 5.41) is 3.19. The van der Waals surface area contributed by atoms with E-state index in [2.05, 4.69) is 5.32 Å². The number of benzene rings is 1. The number of rotatable bonds is 6. The highest BCUT2D eigenvalue weighted by Gasteiger charge is 2.59. The molecule has 1 N–H and O–H groups in total. The molecule has 0 aromatic heterocycles. The van der Waals surface area contributed by atoms with Crippen LogP contribution < -0.4 is 5.32 Å². The van der Waals surface area contributed by atoms with E-state index in [1.54, 1.807) is 0 Å². The second-order valence-corrected chi connectivity index (χ2v) is 9.12. The average Bonchev–Trinajstić information content (AvgIpc) is 3.17. The van der Waals surface area contributed by atoms with Crippen LogP contribution in [0.15, 0.2) is 52.9 Å². The summed E-state index contributed by atoms with van der Waals surface area (Å²) in [7, 11) is 0. The molecule has 1 aromatic rings. The molecule has 7 nitrogen and oxygen atoms in total. The molecule has 3 aliphatic rings. The van der Waals surface area contributed by atoms with E-state index in [4.69, 9.17) is 18.9 Å². The Kier molecular flexibility index (Phi) is 6.11. The molecule has 0 spiro atoms. The van der Waals surface area contributed by atoms with Gasteiger partial charge in [-0.05, 0) is 47.1 Å². The van der Waals surface area contributed by atoms with Crippen LogP contribution >= 0.6 is 0 Å². The number of carbonyl (C=O) groups is 2. The van der Waals surface area contributed by atoms with Crippen LogP contribution in [-0.4, -0.2) is 42.0 Å². The van der Waals surface area contributed by atoms with E-state index >= 15 is 0 Å². The quantitative estimate of drug-likeness (QED) is 0.724. The highest BCUT2D eigenvalue weighted by atomic mass is 16.8. The Bertz CT molecular complexity index is 943. The fraction of sp³-hybridized carbons (Fsp3) is 0.520. The van der Waals surface area contributed by atoms with Crippen molar-refractivity contribution in [3.63, 3.8) is 0 Å². The van der Waals surface area contributed by atoms with Crippen molar-refractivity contribution < 1.29 is 28.5 Å². The first-order valence-electron chi connectivity index (χ1n) is 11.0. The molecular formula is C25H31NO6. The second kappa shape index (κ2) is 8.56. The lowest BCUT2D eigenvalue weighted by Crippen LogP contribution is -2.45. The predicted octanol–water partition coefficient (Wildman–Crippen LogP) is 3.39. The first-order chi connectivity index (χ1) is 15.1. The third kappa shape index (κ3) is 4.18. The van der Waals surface area contributed by atoms with Crippen molar-refractivity contribution in [2.24, 2.45) is 5.92 Å². The number of dihydropyridines is 1. The molecule has 3 heterocycles. The minimum absolute atomic E-state index is 0.115. The number of fused-ring (bicyclic) bond motifs is 1. The van der Waals surface area contributed by atoms with Gasteiger partial charge in [-0.1, -0.05) is 30.3 Å². The highest BCUT2D eigenvalue weighted by molar-refractivity contribution is 6.02. The molecule has 2 saturated heterocycles. The van der Waals surface area contributed by atoms with Crippen LogP contribution in [0.1, 0.15) is 47.1 Å². The van der Waals surface area contributed by atoms with Gasteiger partial charge in [0, 0.05) is 28.5 Å². The number of hydrogen-bond donors (Lipinski definition) is 1. The Balaban J connectivity index is 1.73. The zero-order valence-electron chi connectivity index (χ0n) is 19.4. The summed E-state index contributed by atoms with van der Waals surface area (Å²) in [6.45, 7) is 10.7. The lowest BCUT2D eigenvalue weighted by atomic mass is 9.77. The number of carbonyl (C=O) groups excluding carboxylic acids is 2. The number of hydrogen-bond acceptors (Lipinski definition) is 7. The van der Waals surface area contributed by atoms with Gasteiger partial charge in [-0.15, -0.1) is 0 Å². The van der Waals surface area contributed by atoms with E-state index in [9.17, 15) is 9.59 Å². The van der Waals surface area contributed by atoms with E-state index in [0.717, 1.165) is 17.0 Å². The van der Waals surface area contributed by atoms with Crippen molar-refractivity contribution in [3.8, 4) is 0 Å². The lowest BCUT2D eigenvalue weighted by Gasteiger charge is -2.36. The Morgan fingerprint density at radius 2 is 1.56 bits per heavy atom. The van der Waals surface area contributed by atoms with Crippen LogP contribution in [0.25, 0.3) is 0 Å². The zero-order chi connectivity index (χ0) is 23.2. The molecule has 0 bridgehead atoms. The van der Waals surface area contributed by atoms with Crippen LogP contribution in [0.5, 0.6) is 0 Å². The summed E-state index contributed by atoms with van der Waals surface area (Å²) in [5.41, 5.74) is 3.50. The largest absolute Gasteiger partial charge is 0.368 e. The molecular weight excluding hydrogens is 410 g/mol. The molecule has 0 radical (unpaired) electrons. The van der Waals surface area contributed by atoms with Crippen molar-refractivity contribution >= 4 is 11.6 Å². The third-order valence-electron chi connectivity index (χ3n) is 6.20. The summed E-state index contributed by atoms with van der Waals surface area (Å²) < 4.78 is 24.8. The summed E-state index contributed by atoms with van der Waals surface area (Å²) in [6.07, 6.45) is -2.27. The molecule has 0 aliphatic carbocycles. The van der Waals surface area contributed by atoms with Gasteiger partial charge < -0.3 is 24.3 Å². The van der Waals surface area contributed by atoms with E-state index in [-0.39, 0.29) is 11.6 Å². The standard InChI is InChI=1S/C25H31NO6/c1-13-18(15(3)27)20(19(16(4)28)14(2)26-13)21-22(29-12-17-10-8-7-9-11-17)23-24(30-21)32-25(5,6)31-23/h7-11,20-24,26H,12H2,1-6H3/t21?,22-,23+,24+/m1/s1. The maximum Gasteiger partial charge on any atom is 0.190 e. The Labute approximate surface area is 188 Å². The van der Waals surface area contributed by atoms with Gasteiger partial charge in [-0.25, -0.2) is 0 Å². The second-order valence-electron chi connectivity index (χ2n) is 9.12. The van der Waals surface area contributed by atoms with Crippen molar-refractivity contribution in [1.82, 2.24) is 5.32 Å². The summed E-state index contributed by atoms with van der Waals surface area (Å²) in [6, 6.07) is 9.83. The van der Waals surface area contributed by atoms with Crippen molar-refractivity contribution in [2.45, 2.75) is 78.5 Å². The molecule has 7 heteroatoms. The van der Waals surface area contributed by atoms with Crippen LogP contribution in [-0.2, 0) is 35.1 Å². The molecule has 1 aromatic carbocycles. The minimum Gasteiger partial charge on any atom is -0.368 e. The van der Waals surface area contributed by atoms with Gasteiger partial charge in [0.25, 0.3) is 0 Å². The monoisotopic (exact) mass is 441 g/mol. The maximum atomic E-state index is 12.7. The molecule has 32 heavy (non-hydrogen) atoms. The average molecular weight is 442 g/mol. The van der Waals surface area contributed by atoms with Crippen molar-refractivity contribution in [2.75, 3.05) is 0 Å². The molecule has 0 saturated carbocycles. The fourth-order valence-corrected chi connectivity index (χ4v) is 5.05. The SMILES string of the molecule is CC(=O)C1=C(C)NC(C)=C(C(C)=O)C1C1O[C@H]2OC(C)(C)O[C@H]2[C@@H]1OCc1ccccc1. The first-order valence-corrected chi connectivity index (χ1v) is 11.0. The molecule has 172 valence electrons. The van der Waals surface area contributed by atoms with E-state index in [1.165, 1.54) is 13.8 Å². The van der Waals surface area contributed by atoms with E-state index in [0.29, 0.717) is 17.8 Å². The number of ether oxygens (including phenoxy) is 4. The zero-order valence-corrected chi connectivity index (χ0v) is 19.4. The van der Waals surface area contributed by atoms with Gasteiger partial charge in [-0.2, -0.15) is 0 Å². The Morgan fingerprint density at radius 1 is 0.969 bits per heavy atom. The lowest BCUT2D eigenvalue weighted by molar-refractivity contribution is -0.222. The first kappa shape index (κ1) is 22.9. The topological polar surface area (TPSA) is 83.1 Å². The Hall–Kier alpha value is -2.32. The summed E-state index contributed by atoms with van der Waals surface area (Å²) >= 11 is 0. The van der Waals surface area contributed by atoms with Gasteiger partial charge in [0.2, 0.25) is 0 Å². The molecule has 3 aliphatic heterocycles. The summed E-state index contributed by atoms with van der Waals surface area (Å²) in [4.78, 5) is 25.4. The van der Waals surface area contributed by atoms with E-state index in [1.807, 2.05) is 58.0 Å². The van der Waals surface area contributed by atoms with Gasteiger partial charge in [-0.3, -0.25) is 9.59 Å². The number of Topliss-reactive ketones (excluding diaryl/α,β-unsaturated/α-hetero) is 2. The normalized spacial score (nSPS) is 29.8. The fourth-order valence-electron chi connectivity index (χ4n) is 5.05. The third-order valence-corrected chi connectivity index (χ3v) is 6.20. The van der Waals surface area contributed by atoms with E-state index < -0.39 is 36.3 Å². The van der Waals surface area contributed by atoms with Crippen LogP contribution in [0.2, 0.25) is 0 Å². The molecule has 4 rings (SSSR count). The minimum atomic E-state index is -0.812. The van der Waals surface area contributed by atoms with Crippen molar-refractivity contribution in [3.05, 3.63) is 58.4 Å². The Morgan fingerprint density at radius 3 is 2.12 bits per heavy atom.